The zero-order chi connectivity index (χ0) is 11.9. The predicted molar refractivity (Wildman–Crippen MR) is 54.3 cm³/mol. The molecule has 0 aromatic heterocycles. The Bertz CT molecular complexity index is 261. The van der Waals surface area contributed by atoms with Crippen LogP contribution in [0.5, 0.6) is 0 Å². The van der Waals surface area contributed by atoms with Crippen molar-refractivity contribution in [2.75, 3.05) is 6.61 Å². The Labute approximate surface area is 87.9 Å². The lowest BCUT2D eigenvalue weighted by Gasteiger charge is -2.08. The summed E-state index contributed by atoms with van der Waals surface area (Å²) in [6.45, 7) is 6.64. The van der Waals surface area contributed by atoms with E-state index in [2.05, 4.69) is 6.58 Å². The van der Waals surface area contributed by atoms with Gasteiger partial charge in [0.05, 0.1) is 17.9 Å². The van der Waals surface area contributed by atoms with Crippen LogP contribution in [-0.4, -0.2) is 12.8 Å². The summed E-state index contributed by atoms with van der Waals surface area (Å²) >= 11 is 0. The predicted octanol–water partition coefficient (Wildman–Crippen LogP) is 3.99. The standard InChI is InChI=1S/C11H15F3O/c1-4-5-6-7-15-10(3)8-9(2)11(12,13)14/h4-5,8H,2,6-7H2,1,3H3/b5-4+,10-8+. The zero-order valence-electron chi connectivity index (χ0n) is 8.90. The minimum absolute atomic E-state index is 0.224. The quantitative estimate of drug-likeness (QED) is 0.294. The second-order valence-electron chi connectivity index (χ2n) is 2.98. The lowest BCUT2D eigenvalue weighted by Crippen LogP contribution is -2.09. The molecule has 0 aromatic carbocycles. The van der Waals surface area contributed by atoms with E-state index in [0.717, 1.165) is 6.08 Å². The molecule has 4 heteroatoms. The molecule has 1 nitrogen and oxygen atoms in total. The van der Waals surface area contributed by atoms with E-state index in [9.17, 15) is 13.2 Å². The first kappa shape index (κ1) is 13.8. The highest BCUT2D eigenvalue weighted by atomic mass is 19.4. The molecule has 0 aliphatic rings. The molecule has 0 heterocycles. The SMILES string of the molecule is C=C(/C=C(\C)OCC/C=C/C)C(F)(F)F. The van der Waals surface area contributed by atoms with Crippen molar-refractivity contribution in [2.45, 2.75) is 26.4 Å². The van der Waals surface area contributed by atoms with Crippen LogP contribution in [-0.2, 0) is 4.74 Å². The number of rotatable bonds is 5. The van der Waals surface area contributed by atoms with Crippen LogP contribution in [0, 0.1) is 0 Å². The van der Waals surface area contributed by atoms with Crippen LogP contribution in [0.25, 0.3) is 0 Å². The molecule has 0 aliphatic carbocycles. The van der Waals surface area contributed by atoms with E-state index in [1.54, 1.807) is 0 Å². The molecule has 0 unspecified atom stereocenters. The molecule has 0 atom stereocenters. The second-order valence-corrected chi connectivity index (χ2v) is 2.98. The van der Waals surface area contributed by atoms with Gasteiger partial charge in [0, 0.05) is 0 Å². The summed E-state index contributed by atoms with van der Waals surface area (Å²) in [5, 5.41) is 0. The second kappa shape index (κ2) is 6.32. The maximum atomic E-state index is 12.0. The number of allylic oxidation sites excluding steroid dienone is 4. The van der Waals surface area contributed by atoms with E-state index in [1.165, 1.54) is 6.92 Å². The van der Waals surface area contributed by atoms with Gasteiger partial charge in [-0.1, -0.05) is 18.7 Å². The van der Waals surface area contributed by atoms with Crippen LogP contribution in [0.4, 0.5) is 13.2 Å². The Hall–Kier alpha value is -1.19. The van der Waals surface area contributed by atoms with Crippen LogP contribution in [0.2, 0.25) is 0 Å². The van der Waals surface area contributed by atoms with Gasteiger partial charge in [0.1, 0.15) is 0 Å². The molecule has 0 aliphatic heterocycles. The van der Waals surface area contributed by atoms with Gasteiger partial charge in [-0.25, -0.2) is 0 Å². The van der Waals surface area contributed by atoms with Gasteiger partial charge in [0.2, 0.25) is 0 Å². The van der Waals surface area contributed by atoms with Gasteiger partial charge in [-0.15, -0.1) is 0 Å². The van der Waals surface area contributed by atoms with E-state index >= 15 is 0 Å². The summed E-state index contributed by atoms with van der Waals surface area (Å²) in [7, 11) is 0. The average molecular weight is 220 g/mol. The number of alkyl halides is 3. The molecule has 15 heavy (non-hydrogen) atoms. The Kier molecular flexibility index (Phi) is 5.82. The Morgan fingerprint density at radius 2 is 2.00 bits per heavy atom. The number of ether oxygens (including phenoxy) is 1. The molecule has 0 saturated heterocycles. The van der Waals surface area contributed by atoms with Gasteiger partial charge in [0.25, 0.3) is 0 Å². The number of halogens is 3. The fraction of sp³-hybridized carbons (Fsp3) is 0.455. The summed E-state index contributed by atoms with van der Waals surface area (Å²) in [5.41, 5.74) is -0.897. The number of hydrogen-bond donors (Lipinski definition) is 0. The maximum Gasteiger partial charge on any atom is 0.415 e. The third kappa shape index (κ3) is 6.82. The fourth-order valence-corrected chi connectivity index (χ4v) is 0.823. The normalized spacial score (nSPS) is 13.3. The zero-order valence-corrected chi connectivity index (χ0v) is 8.90. The highest BCUT2D eigenvalue weighted by Crippen LogP contribution is 2.25. The first-order valence-corrected chi connectivity index (χ1v) is 4.56. The molecule has 86 valence electrons. The first-order chi connectivity index (χ1) is 6.88. The van der Waals surface area contributed by atoms with E-state index in [4.69, 9.17) is 4.74 Å². The first-order valence-electron chi connectivity index (χ1n) is 4.56. The van der Waals surface area contributed by atoms with Crippen LogP contribution < -0.4 is 0 Å². The summed E-state index contributed by atoms with van der Waals surface area (Å²) in [5.74, 6) is 0.224. The molecular weight excluding hydrogens is 205 g/mol. The minimum Gasteiger partial charge on any atom is -0.498 e. The summed E-state index contributed by atoms with van der Waals surface area (Å²) < 4.78 is 41.2. The topological polar surface area (TPSA) is 9.23 Å². The van der Waals surface area contributed by atoms with E-state index in [-0.39, 0.29) is 5.76 Å². The molecule has 0 rings (SSSR count). The van der Waals surface area contributed by atoms with Crippen molar-refractivity contribution in [3.8, 4) is 0 Å². The van der Waals surface area contributed by atoms with Crippen LogP contribution in [0.3, 0.4) is 0 Å². The summed E-state index contributed by atoms with van der Waals surface area (Å²) in [4.78, 5) is 0. The highest BCUT2D eigenvalue weighted by Gasteiger charge is 2.30. The third-order valence-corrected chi connectivity index (χ3v) is 1.59. The van der Waals surface area contributed by atoms with Gasteiger partial charge in [0.15, 0.2) is 0 Å². The van der Waals surface area contributed by atoms with E-state index in [0.29, 0.717) is 13.0 Å². The van der Waals surface area contributed by atoms with Crippen molar-refractivity contribution in [3.05, 3.63) is 36.1 Å². The van der Waals surface area contributed by atoms with Crippen LogP contribution in [0.1, 0.15) is 20.3 Å². The van der Waals surface area contributed by atoms with E-state index in [1.807, 2.05) is 19.1 Å². The number of hydrogen-bond acceptors (Lipinski definition) is 1. The largest absolute Gasteiger partial charge is 0.498 e. The lowest BCUT2D eigenvalue weighted by atomic mass is 10.2. The van der Waals surface area contributed by atoms with Crippen molar-refractivity contribution in [1.82, 2.24) is 0 Å². The van der Waals surface area contributed by atoms with Gasteiger partial charge in [-0.3, -0.25) is 0 Å². The Morgan fingerprint density at radius 1 is 1.40 bits per heavy atom. The van der Waals surface area contributed by atoms with E-state index < -0.39 is 11.7 Å². The summed E-state index contributed by atoms with van der Waals surface area (Å²) in [6, 6.07) is 0. The lowest BCUT2D eigenvalue weighted by molar-refractivity contribution is -0.0881. The molecule has 0 radical (unpaired) electrons. The maximum absolute atomic E-state index is 12.0. The van der Waals surface area contributed by atoms with Gasteiger partial charge in [-0.2, -0.15) is 13.2 Å². The third-order valence-electron chi connectivity index (χ3n) is 1.59. The molecule has 0 saturated carbocycles. The van der Waals surface area contributed by atoms with Crippen molar-refractivity contribution >= 4 is 0 Å². The molecule has 0 fully saturated rings. The highest BCUT2D eigenvalue weighted by molar-refractivity contribution is 5.21. The summed E-state index contributed by atoms with van der Waals surface area (Å²) in [6.07, 6.45) is 0.937. The van der Waals surface area contributed by atoms with Gasteiger partial charge in [-0.05, 0) is 26.3 Å². The van der Waals surface area contributed by atoms with Gasteiger partial charge < -0.3 is 4.74 Å². The van der Waals surface area contributed by atoms with Crippen molar-refractivity contribution < 1.29 is 17.9 Å². The molecular formula is C11H15F3O. The molecule has 0 aromatic rings. The Balaban J connectivity index is 4.04. The van der Waals surface area contributed by atoms with Crippen molar-refractivity contribution in [1.29, 1.82) is 0 Å². The van der Waals surface area contributed by atoms with Crippen molar-refractivity contribution in [2.24, 2.45) is 0 Å². The average Bonchev–Trinajstić information content (AvgIpc) is 2.11. The fourth-order valence-electron chi connectivity index (χ4n) is 0.823. The molecule has 0 amide bonds. The molecule has 0 bridgehead atoms. The Morgan fingerprint density at radius 3 is 2.47 bits per heavy atom. The van der Waals surface area contributed by atoms with Crippen LogP contribution in [0.15, 0.2) is 36.1 Å². The van der Waals surface area contributed by atoms with Crippen LogP contribution >= 0.6 is 0 Å². The monoisotopic (exact) mass is 220 g/mol. The van der Waals surface area contributed by atoms with Crippen molar-refractivity contribution in [3.63, 3.8) is 0 Å². The minimum atomic E-state index is -4.38. The molecule has 0 spiro atoms. The smallest absolute Gasteiger partial charge is 0.415 e. The van der Waals surface area contributed by atoms with Gasteiger partial charge >= 0.3 is 6.18 Å². The molecule has 0 N–H and O–H groups in total.